The third kappa shape index (κ3) is 3.85. The Labute approximate surface area is 202 Å². The molecule has 0 spiro atoms. The third-order valence-corrected chi connectivity index (χ3v) is 6.67. The molecule has 35 heavy (non-hydrogen) atoms. The molecule has 0 bridgehead atoms. The first-order valence-electron chi connectivity index (χ1n) is 11.8. The van der Waals surface area contributed by atoms with Gasteiger partial charge in [0.05, 0.1) is 17.5 Å². The largest absolute Gasteiger partial charge is 0.361 e. The van der Waals surface area contributed by atoms with Gasteiger partial charge >= 0.3 is 0 Å². The molecule has 0 fully saturated rings. The zero-order valence-electron chi connectivity index (χ0n) is 19.1. The molecular weight excluding hydrogens is 438 g/mol. The lowest BCUT2D eigenvalue weighted by molar-refractivity contribution is -0.127. The van der Waals surface area contributed by atoms with Crippen LogP contribution in [0.3, 0.4) is 0 Å². The fraction of sp³-hybridized carbons (Fsp3) is 0.179. The van der Waals surface area contributed by atoms with Crippen molar-refractivity contribution >= 4 is 39.7 Å². The SMILES string of the molecule is O=C(C[C@@H]1C(=O)N(CCc2c[nH]c3ccccc23)c2nc3ccccc3n21)NCc1ccccc1. The van der Waals surface area contributed by atoms with Gasteiger partial charge in [-0.15, -0.1) is 0 Å². The Kier molecular flexibility index (Phi) is 5.29. The Morgan fingerprint density at radius 2 is 1.74 bits per heavy atom. The first-order chi connectivity index (χ1) is 17.2. The first kappa shape index (κ1) is 21.2. The number of imidazole rings is 1. The molecule has 1 atom stereocenters. The van der Waals surface area contributed by atoms with Crippen molar-refractivity contribution in [1.29, 1.82) is 0 Å². The lowest BCUT2D eigenvalue weighted by Crippen LogP contribution is -2.34. The number of amides is 2. The number of H-pyrrole nitrogens is 1. The van der Waals surface area contributed by atoms with E-state index in [1.807, 2.05) is 83.6 Å². The van der Waals surface area contributed by atoms with Gasteiger partial charge in [0.1, 0.15) is 6.04 Å². The summed E-state index contributed by atoms with van der Waals surface area (Å²) in [6.07, 6.45) is 2.76. The van der Waals surface area contributed by atoms with Crippen LogP contribution in [0.15, 0.2) is 85.1 Å². The van der Waals surface area contributed by atoms with E-state index in [1.54, 1.807) is 4.90 Å². The maximum Gasteiger partial charge on any atom is 0.253 e. The topological polar surface area (TPSA) is 83.0 Å². The van der Waals surface area contributed by atoms with Crippen LogP contribution in [0.5, 0.6) is 0 Å². The number of carbonyl (C=O) groups excluding carboxylic acids is 2. The number of aromatic nitrogens is 3. The number of benzene rings is 3. The molecule has 5 aromatic rings. The summed E-state index contributed by atoms with van der Waals surface area (Å²) in [6.45, 7) is 0.925. The van der Waals surface area contributed by atoms with Crippen LogP contribution in [0.25, 0.3) is 21.9 Å². The van der Waals surface area contributed by atoms with E-state index in [-0.39, 0.29) is 18.2 Å². The molecule has 7 nitrogen and oxygen atoms in total. The molecule has 2 amide bonds. The van der Waals surface area contributed by atoms with Crippen LogP contribution < -0.4 is 10.2 Å². The number of hydrogen-bond donors (Lipinski definition) is 2. The molecule has 0 aliphatic carbocycles. The van der Waals surface area contributed by atoms with Crippen molar-refractivity contribution in [2.45, 2.75) is 25.4 Å². The minimum Gasteiger partial charge on any atom is -0.361 e. The summed E-state index contributed by atoms with van der Waals surface area (Å²) in [4.78, 5) is 36.2. The van der Waals surface area contributed by atoms with Crippen molar-refractivity contribution in [1.82, 2.24) is 19.9 Å². The normalized spacial score (nSPS) is 15.1. The molecular formula is C28H25N5O2. The van der Waals surface area contributed by atoms with Crippen molar-refractivity contribution in [2.24, 2.45) is 0 Å². The number of anilines is 1. The van der Waals surface area contributed by atoms with Crippen molar-refractivity contribution in [2.75, 3.05) is 11.4 Å². The molecule has 1 aliphatic rings. The van der Waals surface area contributed by atoms with Crippen LogP contribution in [0.4, 0.5) is 5.95 Å². The minimum absolute atomic E-state index is 0.0720. The molecule has 6 rings (SSSR count). The summed E-state index contributed by atoms with van der Waals surface area (Å²) in [6, 6.07) is 25.1. The van der Waals surface area contributed by atoms with Gasteiger partial charge in [-0.05, 0) is 35.7 Å². The fourth-order valence-electron chi connectivity index (χ4n) is 4.92. The smallest absolute Gasteiger partial charge is 0.253 e. The summed E-state index contributed by atoms with van der Waals surface area (Å²) in [5.41, 5.74) is 4.94. The number of rotatable bonds is 7. The average Bonchev–Trinajstić information content (AvgIpc) is 3.55. The number of hydrogen-bond acceptors (Lipinski definition) is 3. The van der Waals surface area contributed by atoms with Gasteiger partial charge in [-0.3, -0.25) is 19.1 Å². The predicted octanol–water partition coefficient (Wildman–Crippen LogP) is 4.35. The monoisotopic (exact) mass is 463 g/mol. The van der Waals surface area contributed by atoms with Crippen LogP contribution in [0.1, 0.15) is 23.6 Å². The van der Waals surface area contributed by atoms with Gasteiger partial charge in [0.2, 0.25) is 11.9 Å². The third-order valence-electron chi connectivity index (χ3n) is 6.67. The van der Waals surface area contributed by atoms with E-state index in [4.69, 9.17) is 4.98 Å². The summed E-state index contributed by atoms with van der Waals surface area (Å²) in [5.74, 6) is 0.360. The zero-order valence-corrected chi connectivity index (χ0v) is 19.1. The van der Waals surface area contributed by atoms with Crippen molar-refractivity contribution in [3.63, 3.8) is 0 Å². The highest BCUT2D eigenvalue weighted by atomic mass is 16.2. The van der Waals surface area contributed by atoms with Crippen LogP contribution in [-0.4, -0.2) is 32.9 Å². The van der Waals surface area contributed by atoms with Crippen molar-refractivity contribution in [3.8, 4) is 0 Å². The maximum absolute atomic E-state index is 13.6. The standard InChI is InChI=1S/C28H25N5O2/c34-26(30-17-19-8-2-1-3-9-19)16-25-27(35)32(28-31-23-12-6-7-13-24(23)33(25)28)15-14-20-18-29-22-11-5-4-10-21(20)22/h1-13,18,25,29H,14-17H2,(H,30,34)/t25-/m1/s1. The highest BCUT2D eigenvalue weighted by Crippen LogP contribution is 2.36. The number of nitrogens with one attached hydrogen (secondary N) is 2. The number of fused-ring (bicyclic) bond motifs is 4. The zero-order chi connectivity index (χ0) is 23.8. The Morgan fingerprint density at radius 3 is 2.63 bits per heavy atom. The van der Waals surface area contributed by atoms with Crippen LogP contribution in [0.2, 0.25) is 0 Å². The summed E-state index contributed by atoms with van der Waals surface area (Å²) >= 11 is 0. The lowest BCUT2D eigenvalue weighted by Gasteiger charge is -2.16. The second kappa shape index (κ2) is 8.76. The van der Waals surface area contributed by atoms with Gasteiger partial charge < -0.3 is 10.3 Å². The fourth-order valence-corrected chi connectivity index (χ4v) is 4.92. The number of para-hydroxylation sites is 3. The molecule has 1 aliphatic heterocycles. The molecule has 0 saturated carbocycles. The van der Waals surface area contributed by atoms with Gasteiger partial charge in [-0.25, -0.2) is 4.98 Å². The molecule has 0 saturated heterocycles. The van der Waals surface area contributed by atoms with E-state index in [0.29, 0.717) is 25.5 Å². The van der Waals surface area contributed by atoms with Crippen molar-refractivity contribution in [3.05, 3.63) is 96.2 Å². The number of nitrogens with zero attached hydrogens (tertiary/aromatic N) is 3. The second-order valence-electron chi connectivity index (χ2n) is 8.85. The van der Waals surface area contributed by atoms with E-state index < -0.39 is 6.04 Å². The minimum atomic E-state index is -0.615. The van der Waals surface area contributed by atoms with E-state index >= 15 is 0 Å². The van der Waals surface area contributed by atoms with Gasteiger partial charge in [0, 0.05) is 30.2 Å². The van der Waals surface area contributed by atoms with E-state index in [2.05, 4.69) is 16.4 Å². The maximum atomic E-state index is 13.6. The Bertz CT molecular complexity index is 1540. The van der Waals surface area contributed by atoms with Gasteiger partial charge in [-0.2, -0.15) is 0 Å². The molecule has 3 heterocycles. The number of carbonyl (C=O) groups is 2. The van der Waals surface area contributed by atoms with Gasteiger partial charge in [-0.1, -0.05) is 60.7 Å². The van der Waals surface area contributed by atoms with E-state index in [9.17, 15) is 9.59 Å². The van der Waals surface area contributed by atoms with Crippen LogP contribution in [-0.2, 0) is 22.6 Å². The Hall–Kier alpha value is -4.39. The van der Waals surface area contributed by atoms with E-state index in [1.165, 1.54) is 0 Å². The predicted molar refractivity (Wildman–Crippen MR) is 136 cm³/mol. The Balaban J connectivity index is 1.25. The molecule has 174 valence electrons. The lowest BCUT2D eigenvalue weighted by atomic mass is 10.1. The van der Waals surface area contributed by atoms with E-state index in [0.717, 1.165) is 33.1 Å². The number of aromatic amines is 1. The molecule has 0 unspecified atom stereocenters. The average molecular weight is 464 g/mol. The van der Waals surface area contributed by atoms with Crippen LogP contribution >= 0.6 is 0 Å². The summed E-state index contributed by atoms with van der Waals surface area (Å²) in [5, 5.41) is 4.12. The molecule has 7 heteroatoms. The second-order valence-corrected chi connectivity index (χ2v) is 8.85. The first-order valence-corrected chi connectivity index (χ1v) is 11.8. The quantitative estimate of drug-likeness (QED) is 0.376. The molecule has 0 radical (unpaired) electrons. The molecule has 2 N–H and O–H groups in total. The van der Waals surface area contributed by atoms with Crippen molar-refractivity contribution < 1.29 is 9.59 Å². The molecule has 3 aromatic carbocycles. The Morgan fingerprint density at radius 1 is 0.971 bits per heavy atom. The highest BCUT2D eigenvalue weighted by Gasteiger charge is 2.40. The molecule has 2 aromatic heterocycles. The van der Waals surface area contributed by atoms with Gasteiger partial charge in [0.15, 0.2) is 0 Å². The summed E-state index contributed by atoms with van der Waals surface area (Å²) < 4.78 is 1.93. The van der Waals surface area contributed by atoms with Gasteiger partial charge in [0.25, 0.3) is 5.91 Å². The van der Waals surface area contributed by atoms with Crippen LogP contribution in [0, 0.1) is 0 Å². The summed E-state index contributed by atoms with van der Waals surface area (Å²) in [7, 11) is 0. The highest BCUT2D eigenvalue weighted by molar-refractivity contribution is 6.03.